The van der Waals surface area contributed by atoms with Crippen LogP contribution in [0.25, 0.3) is 0 Å². The molecule has 2 fully saturated rings. The maximum absolute atomic E-state index is 11.6. The van der Waals surface area contributed by atoms with Crippen LogP contribution in [0.4, 0.5) is 5.95 Å². The number of rotatable bonds is 6. The van der Waals surface area contributed by atoms with Gasteiger partial charge in [0.2, 0.25) is 16.5 Å². The van der Waals surface area contributed by atoms with Gasteiger partial charge in [0, 0.05) is 29.3 Å². The summed E-state index contributed by atoms with van der Waals surface area (Å²) < 4.78 is 37.2. The van der Waals surface area contributed by atoms with Crippen LogP contribution in [0.2, 0.25) is 10.6 Å². The van der Waals surface area contributed by atoms with Crippen LogP contribution in [0.3, 0.4) is 0 Å². The fourth-order valence-electron chi connectivity index (χ4n) is 4.16. The Kier molecular flexibility index (Phi) is 7.21. The zero-order valence-electron chi connectivity index (χ0n) is 14.2. The molecule has 0 amide bonds. The fraction of sp³-hybridized carbons (Fsp3) is 0.769. The lowest BCUT2D eigenvalue weighted by Gasteiger charge is -2.47. The van der Waals surface area contributed by atoms with Gasteiger partial charge in [-0.25, -0.2) is 5.26 Å². The molecule has 0 radical (unpaired) electrons. The maximum atomic E-state index is 11.6. The average molecular weight is 477 g/mol. The molecule has 2 saturated carbocycles. The number of hydrogen-bond donors (Lipinski definition) is 4. The van der Waals surface area contributed by atoms with Crippen molar-refractivity contribution >= 4 is 51.3 Å². The van der Waals surface area contributed by atoms with Gasteiger partial charge in [-0.15, -0.1) is 4.33 Å². The van der Waals surface area contributed by atoms with Gasteiger partial charge in [0.05, 0.1) is 11.4 Å². The van der Waals surface area contributed by atoms with Crippen molar-refractivity contribution in [2.75, 3.05) is 5.32 Å². The zero-order valence-corrected chi connectivity index (χ0v) is 17.3. The van der Waals surface area contributed by atoms with E-state index in [1.165, 1.54) is 0 Å². The molecule has 2 aliphatic carbocycles. The highest BCUT2D eigenvalue weighted by molar-refractivity contribution is 7.95. The molecule has 15 heteroatoms. The Morgan fingerprint density at radius 2 is 1.79 bits per heavy atom. The van der Waals surface area contributed by atoms with Crippen molar-refractivity contribution in [3.8, 4) is 0 Å². The Labute approximate surface area is 175 Å². The van der Waals surface area contributed by atoms with E-state index in [2.05, 4.69) is 29.6 Å². The first-order valence-electron chi connectivity index (χ1n) is 8.29. The molecule has 4 N–H and O–H groups in total. The normalized spacial score (nSPS) is 33.3. The van der Waals surface area contributed by atoms with Crippen LogP contribution in [0, 0.1) is 11.8 Å². The second-order valence-corrected chi connectivity index (χ2v) is 10.2. The molecule has 0 bridgehead atoms. The van der Waals surface area contributed by atoms with Crippen LogP contribution in [-0.2, 0) is 19.5 Å². The van der Waals surface area contributed by atoms with Crippen molar-refractivity contribution in [1.82, 2.24) is 15.0 Å². The van der Waals surface area contributed by atoms with Gasteiger partial charge in [0.1, 0.15) is 0 Å². The molecule has 2 aliphatic rings. The summed E-state index contributed by atoms with van der Waals surface area (Å²) >= 11 is 12.5. The Bertz CT molecular complexity index is 785. The number of aliphatic hydroxyl groups is 1. The van der Waals surface area contributed by atoms with Gasteiger partial charge in [0.25, 0.3) is 10.1 Å². The van der Waals surface area contributed by atoms with Crippen LogP contribution < -0.4 is 5.32 Å². The van der Waals surface area contributed by atoms with Gasteiger partial charge in [0.15, 0.2) is 0 Å². The van der Waals surface area contributed by atoms with Gasteiger partial charge in [-0.05, 0) is 54.8 Å². The number of aromatic nitrogens is 3. The van der Waals surface area contributed by atoms with E-state index in [0.29, 0.717) is 12.8 Å². The molecule has 0 aliphatic heterocycles. The van der Waals surface area contributed by atoms with Crippen molar-refractivity contribution in [3.63, 3.8) is 0 Å². The third-order valence-corrected chi connectivity index (χ3v) is 7.49. The number of nitrogens with one attached hydrogen (secondary N) is 1. The van der Waals surface area contributed by atoms with Crippen molar-refractivity contribution in [1.29, 1.82) is 0 Å². The molecule has 11 nitrogen and oxygen atoms in total. The standard InChI is InChI=1S/C13H18Cl2N4O7S2/c14-11-17-12(15)19-13(18-11)16-8-3-6(27-26-25-21)1-5-2-7(28(22,23)24)4-9(20)10(5)8/h5-10,20-21H,1-4H2,(H,22,23,24)(H,16,17,18,19). The zero-order chi connectivity index (χ0) is 20.5. The van der Waals surface area contributed by atoms with Gasteiger partial charge in [-0.1, -0.05) is 5.04 Å². The van der Waals surface area contributed by atoms with Crippen molar-refractivity contribution < 1.29 is 32.7 Å². The maximum Gasteiger partial charge on any atom is 0.267 e. The third-order valence-electron chi connectivity index (χ3n) is 5.13. The van der Waals surface area contributed by atoms with Crippen LogP contribution in [-0.4, -0.2) is 60.9 Å². The summed E-state index contributed by atoms with van der Waals surface area (Å²) in [6.45, 7) is 0. The van der Waals surface area contributed by atoms with E-state index in [0.717, 1.165) is 12.0 Å². The van der Waals surface area contributed by atoms with E-state index >= 15 is 0 Å². The first-order valence-corrected chi connectivity index (χ1v) is 11.3. The number of nitrogens with zero attached hydrogens (tertiary/aromatic N) is 3. The van der Waals surface area contributed by atoms with E-state index in [1.807, 2.05) is 0 Å². The minimum absolute atomic E-state index is 0.0784. The molecule has 0 spiro atoms. The van der Waals surface area contributed by atoms with Gasteiger partial charge < -0.3 is 10.4 Å². The number of halogens is 2. The predicted octanol–water partition coefficient (Wildman–Crippen LogP) is 1.83. The highest BCUT2D eigenvalue weighted by Gasteiger charge is 2.49. The molecule has 1 aromatic rings. The summed E-state index contributed by atoms with van der Waals surface area (Å²) in [7, 11) is -4.28. The van der Waals surface area contributed by atoms with E-state index in [1.54, 1.807) is 0 Å². The largest absolute Gasteiger partial charge is 0.393 e. The monoisotopic (exact) mass is 476 g/mol. The molecule has 6 atom stereocenters. The molecule has 158 valence electrons. The van der Waals surface area contributed by atoms with E-state index in [-0.39, 0.29) is 52.5 Å². The summed E-state index contributed by atoms with van der Waals surface area (Å²) in [6.07, 6.45) is 0.0684. The topological polar surface area (TPSA) is 164 Å². The quantitative estimate of drug-likeness (QED) is 0.204. The van der Waals surface area contributed by atoms with E-state index in [4.69, 9.17) is 28.5 Å². The number of hydrogen-bond acceptors (Lipinski definition) is 11. The van der Waals surface area contributed by atoms with Crippen molar-refractivity contribution in [2.24, 2.45) is 11.8 Å². The Hall–Kier alpha value is -0.510. The summed E-state index contributed by atoms with van der Waals surface area (Å²) in [4.78, 5) is 11.6. The molecule has 0 saturated heterocycles. The molecule has 6 unspecified atom stereocenters. The third kappa shape index (κ3) is 5.34. The summed E-state index contributed by atoms with van der Waals surface area (Å²) in [5, 5.41) is 24.3. The molecule has 3 rings (SSSR count). The lowest BCUT2D eigenvalue weighted by molar-refractivity contribution is -0.432. The highest BCUT2D eigenvalue weighted by atomic mass is 35.5. The Morgan fingerprint density at radius 1 is 1.11 bits per heavy atom. The molecule has 28 heavy (non-hydrogen) atoms. The first-order chi connectivity index (χ1) is 13.2. The van der Waals surface area contributed by atoms with Crippen LogP contribution in [0.15, 0.2) is 0 Å². The fourth-order valence-corrected chi connectivity index (χ4v) is 6.21. The van der Waals surface area contributed by atoms with Crippen LogP contribution in [0.1, 0.15) is 25.7 Å². The van der Waals surface area contributed by atoms with Gasteiger partial charge in [-0.3, -0.25) is 4.55 Å². The smallest absolute Gasteiger partial charge is 0.267 e. The first kappa shape index (κ1) is 22.2. The van der Waals surface area contributed by atoms with Crippen LogP contribution >= 0.6 is 35.2 Å². The van der Waals surface area contributed by atoms with Crippen molar-refractivity contribution in [3.05, 3.63) is 10.6 Å². The Morgan fingerprint density at radius 3 is 2.39 bits per heavy atom. The molecule has 0 aromatic carbocycles. The van der Waals surface area contributed by atoms with Crippen molar-refractivity contribution in [2.45, 2.75) is 48.3 Å². The molecule has 1 aromatic heterocycles. The summed E-state index contributed by atoms with van der Waals surface area (Å²) in [5.41, 5.74) is 0. The Balaban J connectivity index is 1.84. The van der Waals surface area contributed by atoms with Crippen LogP contribution in [0.5, 0.6) is 0 Å². The van der Waals surface area contributed by atoms with Gasteiger partial charge >= 0.3 is 0 Å². The molecular formula is C13H18Cl2N4O7S2. The number of aliphatic hydroxyl groups excluding tert-OH is 1. The predicted molar refractivity (Wildman–Crippen MR) is 100 cm³/mol. The van der Waals surface area contributed by atoms with E-state index < -0.39 is 21.5 Å². The summed E-state index contributed by atoms with van der Waals surface area (Å²) in [5.74, 6) is -0.475. The average Bonchev–Trinajstić information content (AvgIpc) is 2.57. The second-order valence-electron chi connectivity index (χ2n) is 6.79. The number of fused-ring (bicyclic) bond motifs is 1. The minimum Gasteiger partial charge on any atom is -0.393 e. The minimum atomic E-state index is -4.28. The second kappa shape index (κ2) is 9.10. The van der Waals surface area contributed by atoms with Gasteiger partial charge in [-0.2, -0.15) is 23.4 Å². The summed E-state index contributed by atoms with van der Waals surface area (Å²) in [6, 6.07) is -0.384. The van der Waals surface area contributed by atoms with E-state index in [9.17, 15) is 18.1 Å². The highest BCUT2D eigenvalue weighted by Crippen LogP contribution is 2.46. The number of anilines is 1. The molecule has 1 heterocycles. The lowest BCUT2D eigenvalue weighted by Crippen LogP contribution is -2.53. The lowest BCUT2D eigenvalue weighted by atomic mass is 9.66. The SMILES string of the molecule is O=S(=O)(O)C1CC(O)C2C(CC(SOOO)CC2Nc2nc(Cl)nc(Cl)n2)C1. The molecular weight excluding hydrogens is 459 g/mol.